The molecule has 0 spiro atoms. The average Bonchev–Trinajstić information content (AvgIpc) is 2.55. The quantitative estimate of drug-likeness (QED) is 0.861. The molecule has 0 amide bonds. The van der Waals surface area contributed by atoms with Crippen LogP contribution in [0.4, 0.5) is 0 Å². The van der Waals surface area contributed by atoms with Gasteiger partial charge < -0.3 is 9.67 Å². The number of aryl methyl sites for hydroxylation is 2. The number of carboxylic acids is 1. The first kappa shape index (κ1) is 11.7. The zero-order chi connectivity index (χ0) is 12.7. The molecule has 2 aromatic rings. The molecule has 0 saturated heterocycles. The fourth-order valence-corrected chi connectivity index (χ4v) is 2.29. The molecule has 17 heavy (non-hydrogen) atoms. The van der Waals surface area contributed by atoms with Crippen molar-refractivity contribution in [3.63, 3.8) is 0 Å². The highest BCUT2D eigenvalue weighted by Gasteiger charge is 2.15. The molecule has 2 rings (SSSR count). The van der Waals surface area contributed by atoms with Gasteiger partial charge in [-0.2, -0.15) is 0 Å². The van der Waals surface area contributed by atoms with Crippen molar-refractivity contribution in [2.45, 2.75) is 26.7 Å². The summed E-state index contributed by atoms with van der Waals surface area (Å²) in [7, 11) is 1.80. The molecule has 0 radical (unpaired) electrons. The summed E-state index contributed by atoms with van der Waals surface area (Å²) in [5, 5.41) is 10.2. The van der Waals surface area contributed by atoms with Crippen molar-refractivity contribution in [1.29, 1.82) is 0 Å². The Morgan fingerprint density at radius 1 is 1.29 bits per heavy atom. The molecular weight excluding hydrogens is 214 g/mol. The fraction of sp³-hybridized carbons (Fsp3) is 0.357. The van der Waals surface area contributed by atoms with Crippen LogP contribution in [-0.2, 0) is 7.05 Å². The number of benzene rings is 1. The highest BCUT2D eigenvalue weighted by molar-refractivity contribution is 5.96. The summed E-state index contributed by atoms with van der Waals surface area (Å²) in [6.07, 6.45) is 0. The zero-order valence-corrected chi connectivity index (χ0v) is 10.6. The third-order valence-electron chi connectivity index (χ3n) is 3.18. The van der Waals surface area contributed by atoms with E-state index in [4.69, 9.17) is 5.11 Å². The first-order chi connectivity index (χ1) is 7.91. The zero-order valence-electron chi connectivity index (χ0n) is 10.6. The number of aromatic carboxylic acids is 1. The lowest BCUT2D eigenvalue weighted by molar-refractivity contribution is 0.0687. The van der Waals surface area contributed by atoms with E-state index in [1.165, 1.54) is 11.1 Å². The van der Waals surface area contributed by atoms with Gasteiger partial charge in [0.2, 0.25) is 0 Å². The molecule has 1 heterocycles. The molecule has 3 heteroatoms. The lowest BCUT2D eigenvalue weighted by Crippen LogP contribution is -2.03. The Hall–Kier alpha value is -1.77. The monoisotopic (exact) mass is 231 g/mol. The third-order valence-corrected chi connectivity index (χ3v) is 3.18. The van der Waals surface area contributed by atoms with E-state index in [9.17, 15) is 4.79 Å². The largest absolute Gasteiger partial charge is 0.477 e. The van der Waals surface area contributed by atoms with E-state index >= 15 is 0 Å². The molecule has 1 N–H and O–H groups in total. The molecule has 1 aromatic heterocycles. The normalized spacial score (nSPS) is 11.4. The Balaban J connectivity index is 2.85. The number of nitrogens with zero attached hydrogens (tertiary/aromatic N) is 1. The van der Waals surface area contributed by atoms with Crippen molar-refractivity contribution in [2.75, 3.05) is 0 Å². The molecule has 0 aliphatic carbocycles. The average molecular weight is 231 g/mol. The molecule has 0 aliphatic rings. The van der Waals surface area contributed by atoms with Gasteiger partial charge in [0.1, 0.15) is 5.69 Å². The van der Waals surface area contributed by atoms with Gasteiger partial charge in [-0.1, -0.05) is 19.9 Å². The van der Waals surface area contributed by atoms with Crippen molar-refractivity contribution < 1.29 is 9.90 Å². The van der Waals surface area contributed by atoms with Crippen molar-refractivity contribution in [3.05, 3.63) is 35.0 Å². The lowest BCUT2D eigenvalue weighted by Gasteiger charge is -2.09. The van der Waals surface area contributed by atoms with E-state index in [0.29, 0.717) is 11.6 Å². The second kappa shape index (κ2) is 3.91. The summed E-state index contributed by atoms with van der Waals surface area (Å²) in [5.41, 5.74) is 3.71. The maximum Gasteiger partial charge on any atom is 0.352 e. The second-order valence-electron chi connectivity index (χ2n) is 4.84. The van der Waals surface area contributed by atoms with Crippen LogP contribution in [0.1, 0.15) is 41.4 Å². The topological polar surface area (TPSA) is 42.2 Å². The van der Waals surface area contributed by atoms with Gasteiger partial charge in [0.15, 0.2) is 0 Å². The Bertz CT molecular complexity index is 594. The Kier molecular flexibility index (Phi) is 2.69. The standard InChI is InChI=1S/C14H17NO2/c1-8(2)10-5-9(3)6-12-11(10)7-13(14(16)17)15(12)4/h5-8H,1-4H3,(H,16,17). The third kappa shape index (κ3) is 1.82. The van der Waals surface area contributed by atoms with Crippen molar-refractivity contribution >= 4 is 16.9 Å². The Labute approximate surface area is 101 Å². The van der Waals surface area contributed by atoms with E-state index in [1.54, 1.807) is 17.7 Å². The van der Waals surface area contributed by atoms with E-state index in [0.717, 1.165) is 10.9 Å². The Morgan fingerprint density at radius 3 is 2.47 bits per heavy atom. The number of hydrogen-bond donors (Lipinski definition) is 1. The molecule has 3 nitrogen and oxygen atoms in total. The predicted octanol–water partition coefficient (Wildman–Crippen LogP) is 3.31. The molecule has 0 bridgehead atoms. The lowest BCUT2D eigenvalue weighted by atomic mass is 9.97. The van der Waals surface area contributed by atoms with Gasteiger partial charge in [-0.3, -0.25) is 0 Å². The Morgan fingerprint density at radius 2 is 1.94 bits per heavy atom. The summed E-state index contributed by atoms with van der Waals surface area (Å²) in [5.74, 6) is -0.488. The number of carboxylic acid groups (broad SMARTS) is 1. The van der Waals surface area contributed by atoms with E-state index in [2.05, 4.69) is 19.9 Å². The van der Waals surface area contributed by atoms with Gasteiger partial charge in [-0.15, -0.1) is 0 Å². The van der Waals surface area contributed by atoms with Crippen LogP contribution in [0.2, 0.25) is 0 Å². The molecule has 0 unspecified atom stereocenters. The first-order valence-electron chi connectivity index (χ1n) is 5.75. The molecule has 90 valence electrons. The van der Waals surface area contributed by atoms with Crippen LogP contribution in [0.15, 0.2) is 18.2 Å². The highest BCUT2D eigenvalue weighted by Crippen LogP contribution is 2.29. The van der Waals surface area contributed by atoms with Crippen molar-refractivity contribution in [3.8, 4) is 0 Å². The van der Waals surface area contributed by atoms with E-state index in [-0.39, 0.29) is 0 Å². The summed E-state index contributed by atoms with van der Waals surface area (Å²) >= 11 is 0. The summed E-state index contributed by atoms with van der Waals surface area (Å²) in [6, 6.07) is 5.94. The van der Waals surface area contributed by atoms with Crippen LogP contribution in [0, 0.1) is 6.92 Å². The minimum absolute atomic E-state index is 0.340. The van der Waals surface area contributed by atoms with Gasteiger partial charge in [0, 0.05) is 18.0 Å². The SMILES string of the molecule is Cc1cc(C(C)C)c2cc(C(=O)O)n(C)c2c1. The van der Waals surface area contributed by atoms with Gasteiger partial charge in [-0.05, 0) is 36.1 Å². The van der Waals surface area contributed by atoms with Crippen LogP contribution in [0.5, 0.6) is 0 Å². The highest BCUT2D eigenvalue weighted by atomic mass is 16.4. The maximum absolute atomic E-state index is 11.1. The minimum Gasteiger partial charge on any atom is -0.477 e. The van der Waals surface area contributed by atoms with Crippen LogP contribution in [0.25, 0.3) is 10.9 Å². The van der Waals surface area contributed by atoms with E-state index in [1.807, 2.05) is 13.0 Å². The van der Waals surface area contributed by atoms with Crippen molar-refractivity contribution in [1.82, 2.24) is 4.57 Å². The fourth-order valence-electron chi connectivity index (χ4n) is 2.29. The molecular formula is C14H17NO2. The molecule has 0 aliphatic heterocycles. The predicted molar refractivity (Wildman–Crippen MR) is 68.7 cm³/mol. The summed E-state index contributed by atoms with van der Waals surface area (Å²) < 4.78 is 1.75. The molecule has 0 atom stereocenters. The van der Waals surface area contributed by atoms with Crippen LogP contribution >= 0.6 is 0 Å². The second-order valence-corrected chi connectivity index (χ2v) is 4.84. The van der Waals surface area contributed by atoms with Crippen LogP contribution in [0.3, 0.4) is 0 Å². The summed E-state index contributed by atoms with van der Waals surface area (Å²) in [4.78, 5) is 11.1. The van der Waals surface area contributed by atoms with E-state index < -0.39 is 5.97 Å². The van der Waals surface area contributed by atoms with Gasteiger partial charge in [0.05, 0.1) is 0 Å². The van der Waals surface area contributed by atoms with Gasteiger partial charge >= 0.3 is 5.97 Å². The maximum atomic E-state index is 11.1. The smallest absolute Gasteiger partial charge is 0.352 e. The van der Waals surface area contributed by atoms with Crippen molar-refractivity contribution in [2.24, 2.45) is 7.05 Å². The number of rotatable bonds is 2. The molecule has 0 saturated carbocycles. The summed E-state index contributed by atoms with van der Waals surface area (Å²) in [6.45, 7) is 6.29. The number of carbonyl (C=O) groups is 1. The van der Waals surface area contributed by atoms with Gasteiger partial charge in [-0.25, -0.2) is 4.79 Å². The van der Waals surface area contributed by atoms with Crippen LogP contribution in [-0.4, -0.2) is 15.6 Å². The van der Waals surface area contributed by atoms with Gasteiger partial charge in [0.25, 0.3) is 0 Å². The van der Waals surface area contributed by atoms with Crippen LogP contribution < -0.4 is 0 Å². The number of aromatic nitrogens is 1. The first-order valence-corrected chi connectivity index (χ1v) is 5.75. The minimum atomic E-state index is -0.879. The number of fused-ring (bicyclic) bond motifs is 1. The molecule has 0 fully saturated rings. The molecule has 1 aromatic carbocycles. The number of hydrogen-bond acceptors (Lipinski definition) is 1.